The third kappa shape index (κ3) is 4.50. The van der Waals surface area contributed by atoms with Gasteiger partial charge in [0.1, 0.15) is 11.9 Å². The lowest BCUT2D eigenvalue weighted by atomic mass is 10.1. The van der Waals surface area contributed by atoms with Gasteiger partial charge in [-0.05, 0) is 41.8 Å². The molecule has 1 amide bonds. The average molecular weight is 482 g/mol. The molecule has 0 aromatic heterocycles. The quantitative estimate of drug-likeness (QED) is 0.428. The molecule has 0 fully saturated rings. The van der Waals surface area contributed by atoms with E-state index in [0.717, 1.165) is 16.8 Å². The number of fused-ring (bicyclic) bond motifs is 1. The van der Waals surface area contributed by atoms with Gasteiger partial charge in [-0.25, -0.2) is 0 Å². The van der Waals surface area contributed by atoms with E-state index in [4.69, 9.17) is 14.9 Å². The van der Waals surface area contributed by atoms with Gasteiger partial charge in [-0.3, -0.25) is 15.1 Å². The number of rotatable bonds is 6. The van der Waals surface area contributed by atoms with Crippen molar-refractivity contribution in [2.24, 2.45) is 4.99 Å². The third-order valence-corrected chi connectivity index (χ3v) is 6.58. The topological polar surface area (TPSA) is 75.0 Å². The van der Waals surface area contributed by atoms with Crippen molar-refractivity contribution in [1.82, 2.24) is 4.90 Å². The SMILES string of the molecule is COc1cc(C=C2C(=N)N3C(c4ccccc4)=CSC3=NC2=O)ccc1OC(C)c1ccccc1. The summed E-state index contributed by atoms with van der Waals surface area (Å²) >= 11 is 1.35. The highest BCUT2D eigenvalue weighted by Gasteiger charge is 2.36. The van der Waals surface area contributed by atoms with Crippen LogP contribution in [0, 0.1) is 5.41 Å². The standard InChI is InChI=1S/C28H23N3O3S/c1-18(20-9-5-3-6-10-20)34-24-14-13-19(16-25(24)33-2)15-22-26(29)31-23(21-11-7-4-8-12-21)17-35-28(31)30-27(22)32/h3-18,29H,1-2H3. The maximum atomic E-state index is 12.8. The van der Waals surface area contributed by atoms with Gasteiger partial charge in [-0.1, -0.05) is 78.5 Å². The lowest BCUT2D eigenvalue weighted by molar-refractivity contribution is -0.114. The molecule has 2 heterocycles. The monoisotopic (exact) mass is 481 g/mol. The van der Waals surface area contributed by atoms with Gasteiger partial charge in [-0.2, -0.15) is 4.99 Å². The van der Waals surface area contributed by atoms with Gasteiger partial charge >= 0.3 is 0 Å². The molecule has 1 unspecified atom stereocenters. The van der Waals surface area contributed by atoms with Gasteiger partial charge in [0.25, 0.3) is 5.91 Å². The second kappa shape index (κ2) is 9.64. The molecule has 3 aromatic carbocycles. The van der Waals surface area contributed by atoms with E-state index in [1.54, 1.807) is 24.2 Å². The maximum Gasteiger partial charge on any atom is 0.283 e. The maximum absolute atomic E-state index is 12.8. The number of hydrogen-bond acceptors (Lipinski definition) is 5. The van der Waals surface area contributed by atoms with Crippen molar-refractivity contribution >= 4 is 40.4 Å². The molecule has 35 heavy (non-hydrogen) atoms. The summed E-state index contributed by atoms with van der Waals surface area (Å²) in [5, 5.41) is 11.2. The zero-order valence-corrected chi connectivity index (χ0v) is 20.1. The molecule has 0 bridgehead atoms. The van der Waals surface area contributed by atoms with Gasteiger partial charge in [0.2, 0.25) is 0 Å². The fourth-order valence-corrected chi connectivity index (χ4v) is 4.82. The Bertz CT molecular complexity index is 1380. The lowest BCUT2D eigenvalue weighted by Crippen LogP contribution is -2.38. The van der Waals surface area contributed by atoms with Gasteiger partial charge in [0.15, 0.2) is 16.7 Å². The highest BCUT2D eigenvalue weighted by atomic mass is 32.2. The number of amides is 1. The largest absolute Gasteiger partial charge is 0.493 e. The number of aliphatic imine (C=N–C) groups is 1. The van der Waals surface area contributed by atoms with Crippen molar-refractivity contribution in [2.75, 3.05) is 7.11 Å². The Kier molecular flexibility index (Phi) is 6.25. The summed E-state index contributed by atoms with van der Waals surface area (Å²) in [6.45, 7) is 1.98. The highest BCUT2D eigenvalue weighted by molar-refractivity contribution is 8.17. The summed E-state index contributed by atoms with van der Waals surface area (Å²) < 4.78 is 11.7. The Morgan fingerprint density at radius 2 is 1.71 bits per heavy atom. The van der Waals surface area contributed by atoms with E-state index in [1.165, 1.54) is 11.8 Å². The average Bonchev–Trinajstić information content (AvgIpc) is 3.32. The van der Waals surface area contributed by atoms with Crippen LogP contribution in [0.15, 0.2) is 94.8 Å². The molecular weight excluding hydrogens is 458 g/mol. The van der Waals surface area contributed by atoms with Crippen molar-refractivity contribution in [1.29, 1.82) is 5.41 Å². The Hall–Kier alpha value is -4.10. The minimum Gasteiger partial charge on any atom is -0.493 e. The minimum atomic E-state index is -0.437. The number of thioether (sulfide) groups is 1. The Labute approximate surface area is 208 Å². The normalized spacial score (nSPS) is 17.1. The third-order valence-electron chi connectivity index (χ3n) is 5.76. The van der Waals surface area contributed by atoms with Gasteiger partial charge in [-0.15, -0.1) is 0 Å². The number of amidine groups is 2. The van der Waals surface area contributed by atoms with E-state index >= 15 is 0 Å². The Morgan fingerprint density at radius 3 is 2.43 bits per heavy atom. The first-order valence-electron chi connectivity index (χ1n) is 11.1. The van der Waals surface area contributed by atoms with Crippen LogP contribution in [0.1, 0.15) is 29.7 Å². The number of benzene rings is 3. The van der Waals surface area contributed by atoms with Crippen LogP contribution >= 0.6 is 11.8 Å². The molecule has 2 aliphatic rings. The molecule has 0 saturated carbocycles. The van der Waals surface area contributed by atoms with E-state index in [9.17, 15) is 4.79 Å². The van der Waals surface area contributed by atoms with Crippen molar-refractivity contribution in [2.45, 2.75) is 13.0 Å². The van der Waals surface area contributed by atoms with E-state index in [2.05, 4.69) is 4.99 Å². The molecular formula is C28H23N3O3S. The number of carbonyl (C=O) groups is 1. The van der Waals surface area contributed by atoms with E-state index in [0.29, 0.717) is 22.2 Å². The zero-order chi connectivity index (χ0) is 24.4. The second-order valence-electron chi connectivity index (χ2n) is 8.01. The number of hydrogen-bond donors (Lipinski definition) is 1. The van der Waals surface area contributed by atoms with Crippen LogP contribution in [0.5, 0.6) is 11.5 Å². The molecule has 0 radical (unpaired) electrons. The number of ether oxygens (including phenoxy) is 2. The smallest absolute Gasteiger partial charge is 0.283 e. The predicted molar refractivity (Wildman–Crippen MR) is 140 cm³/mol. The van der Waals surface area contributed by atoms with Crippen molar-refractivity contribution in [3.05, 3.63) is 107 Å². The predicted octanol–water partition coefficient (Wildman–Crippen LogP) is 6.14. The second-order valence-corrected chi connectivity index (χ2v) is 8.85. The number of nitrogens with zero attached hydrogens (tertiary/aromatic N) is 2. The minimum absolute atomic E-state index is 0.0945. The van der Waals surface area contributed by atoms with Crippen LogP contribution in [0.2, 0.25) is 0 Å². The first kappa shape index (κ1) is 22.7. The fourth-order valence-electron chi connectivity index (χ4n) is 3.93. The number of carbonyl (C=O) groups excluding carboxylic acids is 1. The van der Waals surface area contributed by atoms with Crippen LogP contribution in [0.25, 0.3) is 11.8 Å². The summed E-state index contributed by atoms with van der Waals surface area (Å²) in [4.78, 5) is 18.7. The van der Waals surface area contributed by atoms with Crippen LogP contribution in [0.4, 0.5) is 0 Å². The molecule has 6 nitrogen and oxygen atoms in total. The van der Waals surface area contributed by atoms with Gasteiger partial charge in [0.05, 0.1) is 18.4 Å². The van der Waals surface area contributed by atoms with E-state index < -0.39 is 5.91 Å². The van der Waals surface area contributed by atoms with Crippen LogP contribution in [-0.2, 0) is 4.79 Å². The van der Waals surface area contributed by atoms with Crippen molar-refractivity contribution in [3.8, 4) is 11.5 Å². The van der Waals surface area contributed by atoms with Crippen molar-refractivity contribution in [3.63, 3.8) is 0 Å². The van der Waals surface area contributed by atoms with Gasteiger partial charge < -0.3 is 9.47 Å². The van der Waals surface area contributed by atoms with Crippen LogP contribution in [0.3, 0.4) is 0 Å². The van der Waals surface area contributed by atoms with E-state index in [1.807, 2.05) is 85.1 Å². The van der Waals surface area contributed by atoms with Crippen molar-refractivity contribution < 1.29 is 14.3 Å². The summed E-state index contributed by atoms with van der Waals surface area (Å²) in [5.74, 6) is 0.801. The Morgan fingerprint density at radius 1 is 1.00 bits per heavy atom. The summed E-state index contributed by atoms with van der Waals surface area (Å²) in [7, 11) is 1.58. The molecule has 0 saturated heterocycles. The summed E-state index contributed by atoms with van der Waals surface area (Å²) in [5.41, 5.74) is 3.77. The molecule has 0 spiro atoms. The van der Waals surface area contributed by atoms with Crippen LogP contribution < -0.4 is 9.47 Å². The summed E-state index contributed by atoms with van der Waals surface area (Å²) in [6, 6.07) is 25.2. The van der Waals surface area contributed by atoms with Gasteiger partial charge in [0, 0.05) is 5.41 Å². The molecule has 3 aromatic rings. The van der Waals surface area contributed by atoms with Crippen LogP contribution in [-0.4, -0.2) is 28.9 Å². The highest BCUT2D eigenvalue weighted by Crippen LogP contribution is 2.38. The number of methoxy groups -OCH3 is 1. The van der Waals surface area contributed by atoms with E-state index in [-0.39, 0.29) is 17.5 Å². The first-order chi connectivity index (χ1) is 17.0. The molecule has 1 N–H and O–H groups in total. The molecule has 1 atom stereocenters. The summed E-state index contributed by atoms with van der Waals surface area (Å²) in [6.07, 6.45) is 1.51. The molecule has 5 rings (SSSR count). The Balaban J connectivity index is 1.42. The first-order valence-corrected chi connectivity index (χ1v) is 12.0. The molecule has 2 aliphatic heterocycles. The fraction of sp³-hybridized carbons (Fsp3) is 0.107. The zero-order valence-electron chi connectivity index (χ0n) is 19.3. The number of nitrogens with one attached hydrogen (secondary N) is 1. The molecule has 7 heteroatoms. The molecule has 0 aliphatic carbocycles. The lowest BCUT2D eigenvalue weighted by Gasteiger charge is -2.27. The molecule has 174 valence electrons.